The molecule has 0 bridgehead atoms. The Labute approximate surface area is 131 Å². The lowest BCUT2D eigenvalue weighted by Gasteiger charge is -2.29. The second-order valence-corrected chi connectivity index (χ2v) is 5.91. The molecule has 126 valence electrons. The lowest BCUT2D eigenvalue weighted by molar-refractivity contribution is -0.153. The van der Waals surface area contributed by atoms with Gasteiger partial charge >= 0.3 is 5.97 Å². The molecule has 0 heterocycles. The van der Waals surface area contributed by atoms with E-state index in [0.717, 1.165) is 26.0 Å². The molecule has 0 radical (unpaired) electrons. The average molecular weight is 301 g/mol. The smallest absolute Gasteiger partial charge is 0.328 e. The van der Waals surface area contributed by atoms with Crippen LogP contribution in [0.15, 0.2) is 0 Å². The monoisotopic (exact) mass is 301 g/mol. The Morgan fingerprint density at radius 3 is 2.43 bits per heavy atom. The number of rotatable bonds is 13. The first-order valence-corrected chi connectivity index (χ1v) is 8.53. The zero-order valence-corrected chi connectivity index (χ0v) is 14.7. The predicted molar refractivity (Wildman–Crippen MR) is 87.5 cm³/mol. The molecule has 1 N–H and O–H groups in total. The molecule has 0 aliphatic rings. The van der Waals surface area contributed by atoms with Gasteiger partial charge < -0.3 is 14.8 Å². The Kier molecular flexibility index (Phi) is 11.6. The van der Waals surface area contributed by atoms with Gasteiger partial charge in [0.15, 0.2) is 0 Å². The van der Waals surface area contributed by atoms with Gasteiger partial charge in [0.25, 0.3) is 0 Å². The van der Waals surface area contributed by atoms with Gasteiger partial charge in [0.2, 0.25) is 0 Å². The molecule has 2 unspecified atom stereocenters. The van der Waals surface area contributed by atoms with Gasteiger partial charge in [-0.15, -0.1) is 0 Å². The number of carbonyl (C=O) groups is 1. The lowest BCUT2D eigenvalue weighted by atomic mass is 10.00. The van der Waals surface area contributed by atoms with E-state index in [4.69, 9.17) is 9.47 Å². The van der Waals surface area contributed by atoms with Crippen molar-refractivity contribution < 1.29 is 14.3 Å². The second kappa shape index (κ2) is 12.0. The largest absolute Gasteiger partial charge is 0.465 e. The van der Waals surface area contributed by atoms with Crippen LogP contribution in [-0.4, -0.2) is 37.9 Å². The maximum absolute atomic E-state index is 12.1. The summed E-state index contributed by atoms with van der Waals surface area (Å²) in [6.07, 6.45) is 5.76. The molecule has 0 aromatic carbocycles. The van der Waals surface area contributed by atoms with Crippen LogP contribution in [0, 0.1) is 5.92 Å². The molecule has 0 aromatic heterocycles. The number of ether oxygens (including phenoxy) is 2. The van der Waals surface area contributed by atoms with Crippen LogP contribution >= 0.6 is 0 Å². The summed E-state index contributed by atoms with van der Waals surface area (Å²) in [7, 11) is 0. The molecule has 0 aliphatic carbocycles. The van der Waals surface area contributed by atoms with Crippen LogP contribution in [0.5, 0.6) is 0 Å². The molecular weight excluding hydrogens is 266 g/mol. The van der Waals surface area contributed by atoms with E-state index in [0.29, 0.717) is 19.1 Å². The van der Waals surface area contributed by atoms with E-state index in [1.807, 2.05) is 13.8 Å². The minimum Gasteiger partial charge on any atom is -0.465 e. The first-order valence-electron chi connectivity index (χ1n) is 8.53. The third kappa shape index (κ3) is 8.42. The fourth-order valence-electron chi connectivity index (χ4n) is 2.20. The van der Waals surface area contributed by atoms with E-state index < -0.39 is 5.54 Å². The summed E-state index contributed by atoms with van der Waals surface area (Å²) < 4.78 is 11.0. The van der Waals surface area contributed by atoms with E-state index in [-0.39, 0.29) is 5.97 Å². The highest BCUT2D eigenvalue weighted by molar-refractivity contribution is 5.80. The van der Waals surface area contributed by atoms with Crippen LogP contribution in [0.2, 0.25) is 0 Å². The van der Waals surface area contributed by atoms with E-state index in [1.54, 1.807) is 0 Å². The van der Waals surface area contributed by atoms with E-state index >= 15 is 0 Å². The minimum atomic E-state index is -0.741. The van der Waals surface area contributed by atoms with Gasteiger partial charge in [0, 0.05) is 6.61 Å². The quantitative estimate of drug-likeness (QED) is 0.529. The highest BCUT2D eigenvalue weighted by Crippen LogP contribution is 2.15. The van der Waals surface area contributed by atoms with Crippen LogP contribution in [0.25, 0.3) is 0 Å². The summed E-state index contributed by atoms with van der Waals surface area (Å²) in [6.45, 7) is 12.5. The molecule has 0 rings (SSSR count). The number of carbonyl (C=O) groups excluding carboxylic acids is 1. The van der Waals surface area contributed by atoms with Gasteiger partial charge in [-0.25, -0.2) is 4.79 Å². The number of hydrogen-bond acceptors (Lipinski definition) is 4. The molecule has 4 heteroatoms. The predicted octanol–water partition coefficient (Wildman–Crippen LogP) is 3.54. The van der Waals surface area contributed by atoms with Crippen molar-refractivity contribution in [2.45, 2.75) is 72.3 Å². The van der Waals surface area contributed by atoms with Crippen molar-refractivity contribution >= 4 is 5.97 Å². The molecule has 0 spiro atoms. The summed E-state index contributed by atoms with van der Waals surface area (Å²) >= 11 is 0. The van der Waals surface area contributed by atoms with Gasteiger partial charge in [-0.3, -0.25) is 0 Å². The molecular formula is C17H35NO3. The van der Waals surface area contributed by atoms with Crippen LogP contribution in [0.3, 0.4) is 0 Å². The number of unbranched alkanes of at least 4 members (excludes halogenated alkanes) is 1. The van der Waals surface area contributed by atoms with E-state index in [2.05, 4.69) is 26.1 Å². The Morgan fingerprint density at radius 1 is 1.19 bits per heavy atom. The molecule has 0 aromatic rings. The zero-order valence-electron chi connectivity index (χ0n) is 14.7. The van der Waals surface area contributed by atoms with Crippen molar-refractivity contribution in [1.82, 2.24) is 5.32 Å². The van der Waals surface area contributed by atoms with Crippen molar-refractivity contribution in [1.29, 1.82) is 0 Å². The molecule has 0 amide bonds. The van der Waals surface area contributed by atoms with Crippen molar-refractivity contribution in [2.24, 2.45) is 5.92 Å². The molecule has 0 saturated carbocycles. The first-order chi connectivity index (χ1) is 10.0. The van der Waals surface area contributed by atoms with Crippen LogP contribution in [-0.2, 0) is 14.3 Å². The number of nitrogens with one attached hydrogen (secondary N) is 1. The lowest BCUT2D eigenvalue weighted by Crippen LogP contribution is -2.54. The summed E-state index contributed by atoms with van der Waals surface area (Å²) in [5.74, 6) is 0.364. The zero-order chi connectivity index (χ0) is 16.1. The van der Waals surface area contributed by atoms with Crippen LogP contribution < -0.4 is 5.32 Å². The molecule has 0 fully saturated rings. The molecule has 2 atom stereocenters. The SMILES string of the molecule is CCCCC(CC)COCC(C)(NCCC)C(=O)OCC. The van der Waals surface area contributed by atoms with Crippen molar-refractivity contribution in [3.05, 3.63) is 0 Å². The third-order valence-electron chi connectivity index (χ3n) is 3.78. The van der Waals surface area contributed by atoms with Crippen LogP contribution in [0.4, 0.5) is 0 Å². The Morgan fingerprint density at radius 2 is 1.90 bits per heavy atom. The molecule has 0 aliphatic heterocycles. The number of esters is 1. The average Bonchev–Trinajstić information content (AvgIpc) is 2.48. The van der Waals surface area contributed by atoms with Gasteiger partial charge in [-0.05, 0) is 39.2 Å². The van der Waals surface area contributed by atoms with E-state index in [9.17, 15) is 4.79 Å². The molecule has 21 heavy (non-hydrogen) atoms. The summed E-state index contributed by atoms with van der Waals surface area (Å²) in [5, 5.41) is 3.27. The maximum atomic E-state index is 12.1. The second-order valence-electron chi connectivity index (χ2n) is 5.91. The highest BCUT2D eigenvalue weighted by atomic mass is 16.5. The Hall–Kier alpha value is -0.610. The summed E-state index contributed by atoms with van der Waals surface area (Å²) in [5.41, 5.74) is -0.741. The standard InChI is InChI=1S/C17H35NO3/c1-6-10-11-15(8-3)13-20-14-17(5,18-12-7-2)16(19)21-9-4/h15,18H,6-14H2,1-5H3. The maximum Gasteiger partial charge on any atom is 0.328 e. The van der Waals surface area contributed by atoms with Gasteiger partial charge in [0.05, 0.1) is 13.2 Å². The van der Waals surface area contributed by atoms with Gasteiger partial charge in [0.1, 0.15) is 5.54 Å². The number of hydrogen-bond donors (Lipinski definition) is 1. The van der Waals surface area contributed by atoms with Gasteiger partial charge in [-0.1, -0.05) is 40.0 Å². The molecule has 0 saturated heterocycles. The fourth-order valence-corrected chi connectivity index (χ4v) is 2.20. The third-order valence-corrected chi connectivity index (χ3v) is 3.78. The van der Waals surface area contributed by atoms with Gasteiger partial charge in [-0.2, -0.15) is 0 Å². The highest BCUT2D eigenvalue weighted by Gasteiger charge is 2.34. The minimum absolute atomic E-state index is 0.222. The summed E-state index contributed by atoms with van der Waals surface area (Å²) in [4.78, 5) is 12.1. The topological polar surface area (TPSA) is 47.6 Å². The first kappa shape index (κ1) is 20.4. The summed E-state index contributed by atoms with van der Waals surface area (Å²) in [6, 6.07) is 0. The molecule has 4 nitrogen and oxygen atoms in total. The van der Waals surface area contributed by atoms with Crippen molar-refractivity contribution in [2.75, 3.05) is 26.4 Å². The Balaban J connectivity index is 4.36. The van der Waals surface area contributed by atoms with Crippen molar-refractivity contribution in [3.8, 4) is 0 Å². The van der Waals surface area contributed by atoms with E-state index in [1.165, 1.54) is 19.3 Å². The fraction of sp³-hybridized carbons (Fsp3) is 0.941. The normalized spacial score (nSPS) is 15.5. The van der Waals surface area contributed by atoms with Crippen molar-refractivity contribution in [3.63, 3.8) is 0 Å². The Bertz CT molecular complexity index is 271. The van der Waals surface area contributed by atoms with Crippen LogP contribution in [0.1, 0.15) is 66.7 Å².